The third kappa shape index (κ3) is 5.16. The van der Waals surface area contributed by atoms with Crippen LogP contribution < -0.4 is 9.62 Å². The molecule has 1 aromatic heterocycles. The third-order valence-corrected chi connectivity index (χ3v) is 4.95. The van der Waals surface area contributed by atoms with E-state index in [0.717, 1.165) is 11.5 Å². The van der Waals surface area contributed by atoms with Crippen LogP contribution in [0.25, 0.3) is 0 Å². The number of H-pyrrole nitrogens is 1. The fraction of sp³-hybridized carbons (Fsp3) is 0.750. The Labute approximate surface area is 127 Å². The van der Waals surface area contributed by atoms with Crippen LogP contribution in [0.1, 0.15) is 25.0 Å². The quantitative estimate of drug-likeness (QED) is 0.853. The summed E-state index contributed by atoms with van der Waals surface area (Å²) in [5, 5.41) is 6.97. The van der Waals surface area contributed by atoms with Crippen molar-refractivity contribution in [3.63, 3.8) is 0 Å². The molecule has 0 atom stereocenters. The molecule has 0 aliphatic carbocycles. The largest absolute Gasteiger partial charge is 0.390 e. The second-order valence-electron chi connectivity index (χ2n) is 5.47. The third-order valence-electron chi connectivity index (χ3n) is 3.51. The lowest BCUT2D eigenvalue weighted by Crippen LogP contribution is -2.45. The smallest absolute Gasteiger partial charge is 0.355 e. The molecule has 1 aromatic rings. The first-order valence-corrected chi connectivity index (χ1v) is 8.63. The Hall–Kier alpha value is -1.29. The van der Waals surface area contributed by atoms with E-state index in [-0.39, 0.29) is 6.04 Å². The molecule has 0 saturated carbocycles. The number of alkyl halides is 3. The lowest BCUT2D eigenvalue weighted by molar-refractivity contribution is -0.130. The second kappa shape index (κ2) is 6.45. The van der Waals surface area contributed by atoms with E-state index in [0.29, 0.717) is 25.9 Å². The van der Waals surface area contributed by atoms with Crippen LogP contribution >= 0.6 is 0 Å². The van der Waals surface area contributed by atoms with Crippen molar-refractivity contribution in [1.82, 2.24) is 14.9 Å². The normalized spacial score (nSPS) is 17.9. The molecule has 0 aromatic carbocycles. The number of sulfonamides is 1. The molecule has 0 amide bonds. The Morgan fingerprint density at radius 2 is 2.05 bits per heavy atom. The number of rotatable bonds is 5. The summed E-state index contributed by atoms with van der Waals surface area (Å²) in [4.78, 5) is 2.02. The summed E-state index contributed by atoms with van der Waals surface area (Å²) in [6.45, 7) is 3.10. The van der Waals surface area contributed by atoms with Gasteiger partial charge in [0.2, 0.25) is 10.0 Å². The van der Waals surface area contributed by atoms with Gasteiger partial charge >= 0.3 is 6.18 Å². The van der Waals surface area contributed by atoms with Gasteiger partial charge in [0.05, 0.1) is 12.2 Å². The number of piperidine rings is 1. The zero-order chi connectivity index (χ0) is 16.4. The maximum absolute atomic E-state index is 12.1. The summed E-state index contributed by atoms with van der Waals surface area (Å²) in [5.41, 5.74) is 0.935. The van der Waals surface area contributed by atoms with Gasteiger partial charge in [-0.1, -0.05) is 0 Å². The van der Waals surface area contributed by atoms with Gasteiger partial charge in [0.1, 0.15) is 0 Å². The topological polar surface area (TPSA) is 78.1 Å². The predicted octanol–water partition coefficient (Wildman–Crippen LogP) is 1.56. The Morgan fingerprint density at radius 1 is 1.41 bits per heavy atom. The zero-order valence-corrected chi connectivity index (χ0v) is 13.0. The molecule has 6 nitrogen and oxygen atoms in total. The first-order chi connectivity index (χ1) is 10.1. The molecule has 10 heteroatoms. The van der Waals surface area contributed by atoms with E-state index >= 15 is 0 Å². The van der Waals surface area contributed by atoms with Gasteiger partial charge in [-0.25, -0.2) is 13.1 Å². The molecule has 1 aliphatic heterocycles. The van der Waals surface area contributed by atoms with Crippen LogP contribution in [0.3, 0.4) is 0 Å². The Morgan fingerprint density at radius 3 is 2.55 bits per heavy atom. The second-order valence-corrected chi connectivity index (χ2v) is 7.35. The van der Waals surface area contributed by atoms with Crippen molar-refractivity contribution >= 4 is 15.8 Å². The average Bonchev–Trinajstić information content (AvgIpc) is 2.83. The lowest BCUT2D eigenvalue weighted by Gasteiger charge is -2.32. The van der Waals surface area contributed by atoms with Gasteiger partial charge in [-0.15, -0.1) is 0 Å². The van der Waals surface area contributed by atoms with Gasteiger partial charge in [0.25, 0.3) is 0 Å². The summed E-state index contributed by atoms with van der Waals surface area (Å²) < 4.78 is 62.0. The highest BCUT2D eigenvalue weighted by atomic mass is 32.2. The standard InChI is InChI=1S/C12H19F3N4O2S/c1-9-8-11(17-16-9)19-5-2-10(3-6-19)18-22(20,21)7-4-12(13,14)15/h8,10,18H,2-7H2,1H3,(H,16,17). The first kappa shape index (κ1) is 17.1. The molecule has 0 radical (unpaired) electrons. The van der Waals surface area contributed by atoms with E-state index < -0.39 is 28.4 Å². The van der Waals surface area contributed by atoms with Crippen LogP contribution in [-0.4, -0.2) is 49.7 Å². The van der Waals surface area contributed by atoms with E-state index in [1.807, 2.05) is 17.9 Å². The van der Waals surface area contributed by atoms with Crippen molar-refractivity contribution in [1.29, 1.82) is 0 Å². The maximum Gasteiger partial charge on any atom is 0.390 e. The fourth-order valence-corrected chi connectivity index (χ4v) is 3.72. The van der Waals surface area contributed by atoms with Crippen molar-refractivity contribution < 1.29 is 21.6 Å². The number of aromatic amines is 1. The molecule has 2 heterocycles. The predicted molar refractivity (Wildman–Crippen MR) is 76.2 cm³/mol. The summed E-state index contributed by atoms with van der Waals surface area (Å²) in [7, 11) is -3.90. The minimum atomic E-state index is -4.46. The highest BCUT2D eigenvalue weighted by molar-refractivity contribution is 7.89. The van der Waals surface area contributed by atoms with Gasteiger partial charge in [-0.05, 0) is 19.8 Å². The summed E-state index contributed by atoms with van der Waals surface area (Å²) in [5.74, 6) is -0.120. The molecule has 1 aliphatic rings. The summed E-state index contributed by atoms with van der Waals surface area (Å²) in [6.07, 6.45) is -4.71. The number of nitrogens with one attached hydrogen (secondary N) is 2. The molecular formula is C12H19F3N4O2S. The number of anilines is 1. The van der Waals surface area contributed by atoms with Crippen molar-refractivity contribution in [3.8, 4) is 0 Å². The summed E-state index contributed by atoms with van der Waals surface area (Å²) in [6, 6.07) is 1.57. The fourth-order valence-electron chi connectivity index (χ4n) is 2.36. The molecule has 22 heavy (non-hydrogen) atoms. The highest BCUT2D eigenvalue weighted by Gasteiger charge is 2.31. The Kier molecular flexibility index (Phi) is 5.00. The average molecular weight is 340 g/mol. The molecule has 2 rings (SSSR count). The van der Waals surface area contributed by atoms with Crippen molar-refractivity contribution in [3.05, 3.63) is 11.8 Å². The number of hydrogen-bond acceptors (Lipinski definition) is 4. The van der Waals surface area contributed by atoms with Crippen LogP contribution in [-0.2, 0) is 10.0 Å². The van der Waals surface area contributed by atoms with Crippen LogP contribution in [0.5, 0.6) is 0 Å². The van der Waals surface area contributed by atoms with Crippen LogP contribution in [0.4, 0.5) is 19.0 Å². The SMILES string of the molecule is Cc1cc(N2CCC(NS(=O)(=O)CCC(F)(F)F)CC2)n[nH]1. The van der Waals surface area contributed by atoms with Gasteiger partial charge in [-0.3, -0.25) is 5.10 Å². The number of aryl methyl sites for hydroxylation is 1. The zero-order valence-electron chi connectivity index (χ0n) is 12.2. The first-order valence-electron chi connectivity index (χ1n) is 6.98. The van der Waals surface area contributed by atoms with Crippen molar-refractivity contribution in [2.75, 3.05) is 23.7 Å². The number of nitrogens with zero attached hydrogens (tertiary/aromatic N) is 2. The monoisotopic (exact) mass is 340 g/mol. The van der Waals surface area contributed by atoms with E-state index in [1.54, 1.807) is 0 Å². The van der Waals surface area contributed by atoms with Crippen LogP contribution in [0.2, 0.25) is 0 Å². The molecule has 0 spiro atoms. The summed E-state index contributed by atoms with van der Waals surface area (Å²) >= 11 is 0. The van der Waals surface area contributed by atoms with E-state index in [4.69, 9.17) is 0 Å². The van der Waals surface area contributed by atoms with Gasteiger partial charge in [0.15, 0.2) is 5.82 Å². The van der Waals surface area contributed by atoms with E-state index in [2.05, 4.69) is 14.9 Å². The molecule has 126 valence electrons. The van der Waals surface area contributed by atoms with Crippen molar-refractivity contribution in [2.45, 2.75) is 38.4 Å². The van der Waals surface area contributed by atoms with Gasteiger partial charge in [-0.2, -0.15) is 18.3 Å². The molecule has 2 N–H and O–H groups in total. The van der Waals surface area contributed by atoms with Crippen molar-refractivity contribution in [2.24, 2.45) is 0 Å². The van der Waals surface area contributed by atoms with E-state index in [1.165, 1.54) is 0 Å². The van der Waals surface area contributed by atoms with Crippen LogP contribution in [0, 0.1) is 6.92 Å². The number of aromatic nitrogens is 2. The minimum Gasteiger partial charge on any atom is -0.355 e. The molecule has 1 fully saturated rings. The Balaban J connectivity index is 1.82. The van der Waals surface area contributed by atoms with Gasteiger partial charge in [0, 0.05) is 30.9 Å². The number of hydrogen-bond donors (Lipinski definition) is 2. The maximum atomic E-state index is 12.1. The Bertz CT molecular complexity index is 592. The van der Waals surface area contributed by atoms with Gasteiger partial charge < -0.3 is 4.90 Å². The molecule has 1 saturated heterocycles. The molecular weight excluding hydrogens is 321 g/mol. The molecule has 0 unspecified atom stereocenters. The highest BCUT2D eigenvalue weighted by Crippen LogP contribution is 2.21. The van der Waals surface area contributed by atoms with Crippen LogP contribution in [0.15, 0.2) is 6.07 Å². The number of halogens is 3. The molecule has 0 bridgehead atoms. The minimum absolute atomic E-state index is 0.325. The van der Waals surface area contributed by atoms with E-state index in [9.17, 15) is 21.6 Å². The lowest BCUT2D eigenvalue weighted by atomic mass is 10.1.